The van der Waals surface area contributed by atoms with Crippen molar-refractivity contribution in [2.45, 2.75) is 6.92 Å². The first-order valence-electron chi connectivity index (χ1n) is 7.60. The molecule has 3 rings (SSSR count). The van der Waals surface area contributed by atoms with Gasteiger partial charge in [0, 0.05) is 29.3 Å². The van der Waals surface area contributed by atoms with Crippen LogP contribution in [0.3, 0.4) is 0 Å². The third kappa shape index (κ3) is 3.74. The Morgan fingerprint density at radius 1 is 1.22 bits per heavy atom. The van der Waals surface area contributed by atoms with Crippen molar-refractivity contribution in [3.05, 3.63) is 52.0 Å². The maximum Gasteiger partial charge on any atom is 0.127 e. The highest BCUT2D eigenvalue weighted by atomic mass is 79.9. The van der Waals surface area contributed by atoms with Crippen molar-refractivity contribution in [2.75, 3.05) is 31.2 Å². The number of aliphatic imine (C=N–C) groups is 1. The summed E-state index contributed by atoms with van der Waals surface area (Å²) in [6, 6.07) is 11.8. The van der Waals surface area contributed by atoms with E-state index >= 15 is 0 Å². The third-order valence-electron chi connectivity index (χ3n) is 3.87. The smallest absolute Gasteiger partial charge is 0.127 e. The molecule has 0 atom stereocenters. The van der Waals surface area contributed by atoms with Gasteiger partial charge in [0.15, 0.2) is 0 Å². The minimum Gasteiger partial charge on any atom is -0.507 e. The first-order valence-corrected chi connectivity index (χ1v) is 8.39. The number of hydrogen-bond donors (Lipinski definition) is 1. The van der Waals surface area contributed by atoms with E-state index in [0.717, 1.165) is 47.7 Å². The van der Waals surface area contributed by atoms with E-state index in [2.05, 4.69) is 31.9 Å². The molecule has 0 aliphatic carbocycles. The molecule has 0 aromatic heterocycles. The van der Waals surface area contributed by atoms with Crippen molar-refractivity contribution in [3.8, 4) is 5.75 Å². The Bertz CT molecular complexity index is 725. The maximum absolute atomic E-state index is 10.2. The molecule has 0 radical (unpaired) electrons. The van der Waals surface area contributed by atoms with E-state index in [1.807, 2.05) is 37.3 Å². The Kier molecular flexibility index (Phi) is 4.98. The molecule has 0 bridgehead atoms. The number of aromatic hydroxyl groups is 1. The van der Waals surface area contributed by atoms with Crippen LogP contribution in [0.15, 0.2) is 45.9 Å². The molecule has 23 heavy (non-hydrogen) atoms. The molecule has 0 unspecified atom stereocenters. The normalized spacial score (nSPS) is 15.3. The van der Waals surface area contributed by atoms with Crippen LogP contribution in [0.2, 0.25) is 0 Å². The lowest BCUT2D eigenvalue weighted by atomic mass is 10.1. The van der Waals surface area contributed by atoms with E-state index in [0.29, 0.717) is 5.56 Å². The minimum absolute atomic E-state index is 0.265. The highest BCUT2D eigenvalue weighted by molar-refractivity contribution is 9.10. The van der Waals surface area contributed by atoms with Crippen molar-refractivity contribution in [1.82, 2.24) is 0 Å². The molecule has 1 aliphatic heterocycles. The zero-order valence-corrected chi connectivity index (χ0v) is 14.6. The van der Waals surface area contributed by atoms with Crippen LogP contribution in [-0.2, 0) is 4.74 Å². The summed E-state index contributed by atoms with van der Waals surface area (Å²) in [5.74, 6) is 0.265. The molecule has 1 aliphatic rings. The standard InChI is InChI=1S/C18H19BrN2O2/c1-13-10-15(19)11-14(18(13)22)12-20-16-4-2-3-5-17(16)21-6-8-23-9-7-21/h2-5,10-12,22H,6-9H2,1H3. The Morgan fingerprint density at radius 3 is 2.74 bits per heavy atom. The van der Waals surface area contributed by atoms with Gasteiger partial charge in [0.2, 0.25) is 0 Å². The number of morpholine rings is 1. The fourth-order valence-corrected chi connectivity index (χ4v) is 3.23. The molecule has 5 heteroatoms. The maximum atomic E-state index is 10.2. The van der Waals surface area contributed by atoms with E-state index in [-0.39, 0.29) is 5.75 Å². The van der Waals surface area contributed by atoms with Gasteiger partial charge < -0.3 is 14.7 Å². The van der Waals surface area contributed by atoms with E-state index in [9.17, 15) is 5.11 Å². The van der Waals surface area contributed by atoms with Gasteiger partial charge in [-0.05, 0) is 36.8 Å². The van der Waals surface area contributed by atoms with Gasteiger partial charge in [-0.2, -0.15) is 0 Å². The molecule has 1 heterocycles. The lowest BCUT2D eigenvalue weighted by Crippen LogP contribution is -2.36. The number of nitrogens with zero attached hydrogens (tertiary/aromatic N) is 2. The Morgan fingerprint density at radius 2 is 1.96 bits per heavy atom. The molecular formula is C18H19BrN2O2. The highest BCUT2D eigenvalue weighted by Gasteiger charge is 2.14. The second-order valence-corrected chi connectivity index (χ2v) is 6.42. The van der Waals surface area contributed by atoms with Gasteiger partial charge >= 0.3 is 0 Å². The van der Waals surface area contributed by atoms with Crippen LogP contribution in [0.1, 0.15) is 11.1 Å². The fraction of sp³-hybridized carbons (Fsp3) is 0.278. The Hall–Kier alpha value is -1.85. The molecule has 0 saturated carbocycles. The summed E-state index contributed by atoms with van der Waals surface area (Å²) in [7, 11) is 0. The van der Waals surface area contributed by atoms with Gasteiger partial charge in [-0.1, -0.05) is 28.1 Å². The molecule has 4 nitrogen and oxygen atoms in total. The van der Waals surface area contributed by atoms with Crippen LogP contribution in [0, 0.1) is 6.92 Å². The van der Waals surface area contributed by atoms with Crippen LogP contribution in [0.5, 0.6) is 5.75 Å². The second-order valence-electron chi connectivity index (χ2n) is 5.51. The fourth-order valence-electron chi connectivity index (χ4n) is 2.64. The number of aryl methyl sites for hydroxylation is 1. The Balaban J connectivity index is 1.91. The molecule has 2 aromatic rings. The van der Waals surface area contributed by atoms with Gasteiger partial charge in [-0.25, -0.2) is 0 Å². The number of phenolic OH excluding ortho intramolecular Hbond substituents is 1. The summed E-state index contributed by atoms with van der Waals surface area (Å²) in [6.45, 7) is 5.09. The summed E-state index contributed by atoms with van der Waals surface area (Å²) in [4.78, 5) is 6.89. The van der Waals surface area contributed by atoms with E-state index in [1.54, 1.807) is 6.21 Å². The molecule has 2 aromatic carbocycles. The number of para-hydroxylation sites is 2. The summed E-state index contributed by atoms with van der Waals surface area (Å²) < 4.78 is 6.34. The van der Waals surface area contributed by atoms with E-state index < -0.39 is 0 Å². The van der Waals surface area contributed by atoms with E-state index in [1.165, 1.54) is 0 Å². The quantitative estimate of drug-likeness (QED) is 0.824. The van der Waals surface area contributed by atoms with Crippen molar-refractivity contribution in [3.63, 3.8) is 0 Å². The van der Waals surface area contributed by atoms with Crippen molar-refractivity contribution in [1.29, 1.82) is 0 Å². The number of benzene rings is 2. The Labute approximate surface area is 144 Å². The summed E-state index contributed by atoms with van der Waals surface area (Å²) >= 11 is 3.46. The minimum atomic E-state index is 0.265. The largest absolute Gasteiger partial charge is 0.507 e. The SMILES string of the molecule is Cc1cc(Br)cc(C=Nc2ccccc2N2CCOCC2)c1O. The monoisotopic (exact) mass is 374 g/mol. The average Bonchev–Trinajstić information content (AvgIpc) is 2.58. The first kappa shape index (κ1) is 16.0. The van der Waals surface area contributed by atoms with Crippen LogP contribution in [0.4, 0.5) is 11.4 Å². The molecule has 1 N–H and O–H groups in total. The van der Waals surface area contributed by atoms with Crippen molar-refractivity contribution < 1.29 is 9.84 Å². The number of anilines is 1. The lowest BCUT2D eigenvalue weighted by Gasteiger charge is -2.29. The molecule has 1 fully saturated rings. The topological polar surface area (TPSA) is 45.1 Å². The summed E-state index contributed by atoms with van der Waals surface area (Å²) in [5.41, 5.74) is 3.51. The summed E-state index contributed by atoms with van der Waals surface area (Å²) in [5, 5.41) is 10.2. The molecule has 1 saturated heterocycles. The predicted molar refractivity (Wildman–Crippen MR) is 97.3 cm³/mol. The zero-order valence-electron chi connectivity index (χ0n) is 13.0. The van der Waals surface area contributed by atoms with Gasteiger partial charge in [0.05, 0.1) is 24.6 Å². The molecule has 0 spiro atoms. The number of hydrogen-bond acceptors (Lipinski definition) is 4. The zero-order chi connectivity index (χ0) is 16.2. The van der Waals surface area contributed by atoms with Gasteiger partial charge in [-0.3, -0.25) is 4.99 Å². The summed E-state index contributed by atoms with van der Waals surface area (Å²) in [6.07, 6.45) is 1.71. The van der Waals surface area contributed by atoms with Crippen LogP contribution >= 0.6 is 15.9 Å². The van der Waals surface area contributed by atoms with Crippen molar-refractivity contribution in [2.24, 2.45) is 4.99 Å². The van der Waals surface area contributed by atoms with Gasteiger partial charge in [0.25, 0.3) is 0 Å². The molecule has 0 amide bonds. The molecule has 120 valence electrons. The van der Waals surface area contributed by atoms with E-state index in [4.69, 9.17) is 4.74 Å². The van der Waals surface area contributed by atoms with Crippen LogP contribution < -0.4 is 4.90 Å². The number of rotatable bonds is 3. The molecular weight excluding hydrogens is 356 g/mol. The van der Waals surface area contributed by atoms with Crippen LogP contribution in [-0.4, -0.2) is 37.6 Å². The number of halogens is 1. The first-order chi connectivity index (χ1) is 11.1. The van der Waals surface area contributed by atoms with Gasteiger partial charge in [0.1, 0.15) is 5.75 Å². The number of ether oxygens (including phenoxy) is 1. The highest BCUT2D eigenvalue weighted by Crippen LogP contribution is 2.30. The van der Waals surface area contributed by atoms with Crippen molar-refractivity contribution >= 4 is 33.5 Å². The number of phenols is 1. The van der Waals surface area contributed by atoms with Gasteiger partial charge in [-0.15, -0.1) is 0 Å². The third-order valence-corrected chi connectivity index (χ3v) is 4.33. The average molecular weight is 375 g/mol. The lowest BCUT2D eigenvalue weighted by molar-refractivity contribution is 0.123. The second kappa shape index (κ2) is 7.15. The van der Waals surface area contributed by atoms with Crippen LogP contribution in [0.25, 0.3) is 0 Å². The predicted octanol–water partition coefficient (Wildman–Crippen LogP) is 4.05.